The summed E-state index contributed by atoms with van der Waals surface area (Å²) in [4.78, 5) is 1.29. The van der Waals surface area contributed by atoms with Crippen LogP contribution in [0.4, 0.5) is 4.39 Å². The van der Waals surface area contributed by atoms with Gasteiger partial charge in [0.15, 0.2) is 0 Å². The van der Waals surface area contributed by atoms with Crippen LogP contribution in [0.15, 0.2) is 42.5 Å². The predicted molar refractivity (Wildman–Crippen MR) is 120 cm³/mol. The van der Waals surface area contributed by atoms with Gasteiger partial charge in [0.1, 0.15) is 5.82 Å². The quantitative estimate of drug-likeness (QED) is 0.396. The van der Waals surface area contributed by atoms with Gasteiger partial charge in [0.25, 0.3) is 0 Å². The van der Waals surface area contributed by atoms with E-state index in [4.69, 9.17) is 0 Å². The van der Waals surface area contributed by atoms with E-state index in [0.717, 1.165) is 53.2 Å². The fraction of sp³-hybridized carbons (Fsp3) is 0.462. The molecule has 1 saturated carbocycles. The molecule has 2 heteroatoms. The van der Waals surface area contributed by atoms with Gasteiger partial charge in [-0.15, -0.1) is 11.3 Å². The van der Waals surface area contributed by atoms with Crippen molar-refractivity contribution in [2.75, 3.05) is 0 Å². The summed E-state index contributed by atoms with van der Waals surface area (Å²) >= 11 is 1.63. The number of hydrogen-bond donors (Lipinski definition) is 0. The van der Waals surface area contributed by atoms with Gasteiger partial charge in [0, 0.05) is 4.88 Å². The van der Waals surface area contributed by atoms with E-state index in [-0.39, 0.29) is 5.82 Å². The van der Waals surface area contributed by atoms with Crippen molar-refractivity contribution in [3.05, 3.63) is 69.8 Å². The monoisotopic (exact) mass is 394 g/mol. The Hall–Kier alpha value is -1.67. The van der Waals surface area contributed by atoms with Crippen molar-refractivity contribution in [1.29, 1.82) is 0 Å². The van der Waals surface area contributed by atoms with Crippen LogP contribution < -0.4 is 0 Å². The fourth-order valence-electron chi connectivity index (χ4n) is 4.55. The Morgan fingerprint density at radius 3 is 2.39 bits per heavy atom. The first-order chi connectivity index (χ1) is 13.6. The molecule has 1 aliphatic rings. The highest BCUT2D eigenvalue weighted by Gasteiger charge is 2.19. The number of halogens is 1. The van der Waals surface area contributed by atoms with Gasteiger partial charge in [-0.05, 0) is 72.1 Å². The van der Waals surface area contributed by atoms with E-state index in [9.17, 15) is 4.39 Å². The van der Waals surface area contributed by atoms with Crippen LogP contribution in [-0.4, -0.2) is 0 Å². The molecule has 0 radical (unpaired) electrons. The van der Waals surface area contributed by atoms with E-state index in [1.54, 1.807) is 11.3 Å². The first-order valence-corrected chi connectivity index (χ1v) is 11.7. The van der Waals surface area contributed by atoms with Crippen molar-refractivity contribution in [1.82, 2.24) is 0 Å². The van der Waals surface area contributed by atoms with Gasteiger partial charge in [-0.1, -0.05) is 69.5 Å². The van der Waals surface area contributed by atoms with Gasteiger partial charge >= 0.3 is 0 Å². The minimum Gasteiger partial charge on any atom is -0.205 e. The van der Waals surface area contributed by atoms with E-state index in [2.05, 4.69) is 50.2 Å². The van der Waals surface area contributed by atoms with E-state index >= 15 is 0 Å². The van der Waals surface area contributed by atoms with Crippen LogP contribution in [0.2, 0.25) is 0 Å². The molecule has 148 valence electrons. The van der Waals surface area contributed by atoms with Gasteiger partial charge in [-0.25, -0.2) is 4.39 Å². The van der Waals surface area contributed by atoms with Crippen LogP contribution in [0.3, 0.4) is 0 Å². The number of aryl methyl sites for hydroxylation is 3. The highest BCUT2D eigenvalue weighted by Crippen LogP contribution is 2.35. The first-order valence-electron chi connectivity index (χ1n) is 10.9. The Labute approximate surface area is 172 Å². The van der Waals surface area contributed by atoms with Crippen molar-refractivity contribution >= 4 is 21.4 Å². The first kappa shape index (κ1) is 19.6. The van der Waals surface area contributed by atoms with Crippen molar-refractivity contribution < 1.29 is 4.39 Å². The molecule has 1 aliphatic carbocycles. The maximum atomic E-state index is 15.0. The molecule has 0 spiro atoms. The van der Waals surface area contributed by atoms with Gasteiger partial charge in [-0.3, -0.25) is 0 Å². The average molecular weight is 395 g/mol. The molecule has 3 aromatic rings. The lowest BCUT2D eigenvalue weighted by atomic mass is 9.79. The van der Waals surface area contributed by atoms with Crippen LogP contribution in [0.5, 0.6) is 0 Å². The average Bonchev–Trinajstić information content (AvgIpc) is 3.13. The largest absolute Gasteiger partial charge is 0.205 e. The van der Waals surface area contributed by atoms with Crippen LogP contribution in [0.25, 0.3) is 10.1 Å². The SMILES string of the molecule is CCCc1cc2ccc(CCc3ccc(C4CCC(C)CC4)cc3)c(F)c2s1. The number of rotatable bonds is 6. The molecule has 1 heterocycles. The maximum Gasteiger partial charge on any atom is 0.144 e. The minimum atomic E-state index is -0.00204. The smallest absolute Gasteiger partial charge is 0.144 e. The molecule has 28 heavy (non-hydrogen) atoms. The molecule has 0 atom stereocenters. The molecule has 0 unspecified atom stereocenters. The third kappa shape index (κ3) is 4.33. The highest BCUT2D eigenvalue weighted by atomic mass is 32.1. The van der Waals surface area contributed by atoms with Gasteiger partial charge in [0.2, 0.25) is 0 Å². The molecule has 0 aliphatic heterocycles. The second-order valence-corrected chi connectivity index (χ2v) is 9.75. The summed E-state index contributed by atoms with van der Waals surface area (Å²) in [5, 5.41) is 1.06. The van der Waals surface area contributed by atoms with E-state index in [1.807, 2.05) is 6.07 Å². The predicted octanol–water partition coefficient (Wildman–Crippen LogP) is 8.07. The van der Waals surface area contributed by atoms with Gasteiger partial charge < -0.3 is 0 Å². The highest BCUT2D eigenvalue weighted by molar-refractivity contribution is 7.19. The molecule has 0 nitrogen and oxygen atoms in total. The topological polar surface area (TPSA) is 0 Å². The lowest BCUT2D eigenvalue weighted by Crippen LogP contribution is -2.10. The fourth-order valence-corrected chi connectivity index (χ4v) is 5.77. The van der Waals surface area contributed by atoms with E-state index < -0.39 is 0 Å². The summed E-state index contributed by atoms with van der Waals surface area (Å²) in [5.74, 6) is 1.63. The van der Waals surface area contributed by atoms with Crippen molar-refractivity contribution in [2.45, 2.75) is 71.1 Å². The summed E-state index contributed by atoms with van der Waals surface area (Å²) < 4.78 is 15.8. The van der Waals surface area contributed by atoms with Crippen LogP contribution in [0, 0.1) is 11.7 Å². The standard InChI is InChI=1S/C26H31FS/c1-3-4-24-17-23-16-15-22(25(27)26(23)28-24)14-9-19-7-12-21(13-8-19)20-10-5-18(2)6-11-20/h7-8,12-13,15-18,20H,3-6,9-11,14H2,1-2H3. The van der Waals surface area contributed by atoms with E-state index in [0.29, 0.717) is 0 Å². The molecule has 0 bridgehead atoms. The number of benzene rings is 2. The summed E-state index contributed by atoms with van der Waals surface area (Å²) in [7, 11) is 0. The van der Waals surface area contributed by atoms with Crippen molar-refractivity contribution in [3.8, 4) is 0 Å². The summed E-state index contributed by atoms with van der Waals surface area (Å²) in [6, 6.07) is 15.4. The number of thiophene rings is 1. The zero-order valence-electron chi connectivity index (χ0n) is 17.1. The Bertz CT molecular complexity index is 914. The maximum absolute atomic E-state index is 15.0. The van der Waals surface area contributed by atoms with Crippen LogP contribution in [0.1, 0.15) is 73.4 Å². The van der Waals surface area contributed by atoms with Gasteiger partial charge in [0.05, 0.1) is 4.70 Å². The van der Waals surface area contributed by atoms with E-state index in [1.165, 1.54) is 41.7 Å². The molecule has 0 saturated heterocycles. The summed E-state index contributed by atoms with van der Waals surface area (Å²) in [6.07, 6.45) is 9.19. The molecular formula is C26H31FS. The molecule has 0 amide bonds. The van der Waals surface area contributed by atoms with Crippen LogP contribution >= 0.6 is 11.3 Å². The Morgan fingerprint density at radius 1 is 0.929 bits per heavy atom. The third-order valence-electron chi connectivity index (χ3n) is 6.40. The second kappa shape index (κ2) is 8.78. The van der Waals surface area contributed by atoms with Crippen LogP contribution in [-0.2, 0) is 19.3 Å². The number of fused-ring (bicyclic) bond motifs is 1. The van der Waals surface area contributed by atoms with Crippen molar-refractivity contribution in [2.24, 2.45) is 5.92 Å². The molecule has 1 fully saturated rings. The zero-order valence-corrected chi connectivity index (χ0v) is 18.0. The molecule has 0 N–H and O–H groups in total. The summed E-state index contributed by atoms with van der Waals surface area (Å²) in [6.45, 7) is 4.54. The molecule has 1 aromatic heterocycles. The normalized spacial score (nSPS) is 20.0. The molecular weight excluding hydrogens is 363 g/mol. The number of hydrogen-bond acceptors (Lipinski definition) is 1. The minimum absolute atomic E-state index is 0.00204. The lowest BCUT2D eigenvalue weighted by Gasteiger charge is -2.26. The Balaban J connectivity index is 1.42. The van der Waals surface area contributed by atoms with Crippen molar-refractivity contribution in [3.63, 3.8) is 0 Å². The molecule has 4 rings (SSSR count). The Morgan fingerprint density at radius 2 is 1.68 bits per heavy atom. The third-order valence-corrected chi connectivity index (χ3v) is 7.61. The zero-order chi connectivity index (χ0) is 19.5. The molecule has 2 aromatic carbocycles. The van der Waals surface area contributed by atoms with Gasteiger partial charge in [-0.2, -0.15) is 0 Å². The summed E-state index contributed by atoms with van der Waals surface area (Å²) in [5.41, 5.74) is 3.65. The lowest BCUT2D eigenvalue weighted by molar-refractivity contribution is 0.348. The Kier molecular flexibility index (Phi) is 6.16. The second-order valence-electron chi connectivity index (χ2n) is 8.62.